The number of carbonyl (C=O) groups excluding carboxylic acids is 2. The number of aromatic nitrogens is 1. The number of piperidine rings is 1. The number of nitrogens with zero attached hydrogens (tertiary/aromatic N) is 1. The van der Waals surface area contributed by atoms with Gasteiger partial charge in [-0.25, -0.2) is 4.79 Å². The molecule has 2 heterocycles. The lowest BCUT2D eigenvalue weighted by Gasteiger charge is -2.34. The maximum atomic E-state index is 12.7. The number of methoxy groups -OCH3 is 1. The molecule has 1 amide bonds. The minimum Gasteiger partial charge on any atom is -0.464 e. The summed E-state index contributed by atoms with van der Waals surface area (Å²) in [5, 5.41) is 13.0. The minimum atomic E-state index is -0.518. The average Bonchev–Trinajstić information content (AvgIpc) is 3.00. The lowest BCUT2D eigenvalue weighted by Crippen LogP contribution is -2.44. The van der Waals surface area contributed by atoms with Crippen molar-refractivity contribution >= 4 is 28.5 Å². The molecule has 1 aliphatic rings. The van der Waals surface area contributed by atoms with E-state index in [4.69, 9.17) is 4.74 Å². The Balaban J connectivity index is 1.83. The molecule has 146 valence electrons. The number of amides is 1. The largest absolute Gasteiger partial charge is 0.464 e. The molecule has 0 spiro atoms. The van der Waals surface area contributed by atoms with Crippen molar-refractivity contribution in [3.8, 4) is 0 Å². The number of carbonyl (C=O) groups is 2. The van der Waals surface area contributed by atoms with E-state index in [1.165, 1.54) is 7.11 Å². The molecule has 2 aromatic rings. The number of likely N-dealkylation sites (tertiary alicyclic amines) is 1. The number of H-pyrrole nitrogens is 1. The molecule has 7 heteroatoms. The zero-order valence-electron chi connectivity index (χ0n) is 15.9. The number of aryl methyl sites for hydroxylation is 1. The molecular weight excluding hydrogens is 346 g/mol. The summed E-state index contributed by atoms with van der Waals surface area (Å²) in [5.74, 6) is -0.692. The van der Waals surface area contributed by atoms with Gasteiger partial charge in [-0.05, 0) is 44.9 Å². The fourth-order valence-corrected chi connectivity index (χ4v) is 3.80. The van der Waals surface area contributed by atoms with Gasteiger partial charge in [0.1, 0.15) is 5.69 Å². The van der Waals surface area contributed by atoms with E-state index in [9.17, 15) is 14.7 Å². The summed E-state index contributed by atoms with van der Waals surface area (Å²) in [6, 6.07) is 5.98. The molecule has 0 radical (unpaired) electrons. The Bertz CT molecular complexity index is 828. The van der Waals surface area contributed by atoms with E-state index in [-0.39, 0.29) is 30.8 Å². The number of ether oxygens (including phenoxy) is 1. The fraction of sp³-hybridized carbons (Fsp3) is 0.500. The van der Waals surface area contributed by atoms with E-state index in [2.05, 4.69) is 15.2 Å². The fourth-order valence-electron chi connectivity index (χ4n) is 3.80. The van der Waals surface area contributed by atoms with Crippen molar-refractivity contribution in [2.45, 2.75) is 38.6 Å². The first-order valence-electron chi connectivity index (χ1n) is 9.39. The van der Waals surface area contributed by atoms with Crippen molar-refractivity contribution in [1.29, 1.82) is 0 Å². The second-order valence-electron chi connectivity index (χ2n) is 7.10. The number of fused-ring (bicyclic) bond motifs is 1. The normalized spacial score (nSPS) is 17.8. The van der Waals surface area contributed by atoms with Crippen molar-refractivity contribution in [3.63, 3.8) is 0 Å². The Morgan fingerprint density at radius 2 is 2.19 bits per heavy atom. The van der Waals surface area contributed by atoms with Crippen molar-refractivity contribution in [1.82, 2.24) is 9.88 Å². The van der Waals surface area contributed by atoms with Gasteiger partial charge in [-0.3, -0.25) is 9.69 Å². The van der Waals surface area contributed by atoms with Gasteiger partial charge >= 0.3 is 5.97 Å². The van der Waals surface area contributed by atoms with Gasteiger partial charge in [0.05, 0.1) is 19.3 Å². The van der Waals surface area contributed by atoms with Crippen LogP contribution in [-0.2, 0) is 9.53 Å². The molecular formula is C20H27N3O4. The SMILES string of the molecule is COC(=O)c1[nH]c2ccc(C)cc2c1NC(=O)CN1CCCCC1CCO. The zero-order valence-corrected chi connectivity index (χ0v) is 15.9. The lowest BCUT2D eigenvalue weighted by molar-refractivity contribution is -0.118. The monoisotopic (exact) mass is 373 g/mol. The summed E-state index contributed by atoms with van der Waals surface area (Å²) in [4.78, 5) is 30.1. The smallest absolute Gasteiger partial charge is 0.356 e. The van der Waals surface area contributed by atoms with Crippen molar-refractivity contribution < 1.29 is 19.4 Å². The highest BCUT2D eigenvalue weighted by molar-refractivity contribution is 6.11. The van der Waals surface area contributed by atoms with Crippen LogP contribution in [0, 0.1) is 6.92 Å². The number of nitrogens with one attached hydrogen (secondary N) is 2. The number of aliphatic hydroxyl groups excluding tert-OH is 1. The number of rotatable bonds is 6. The van der Waals surface area contributed by atoms with Crippen molar-refractivity contribution in [2.24, 2.45) is 0 Å². The summed E-state index contributed by atoms with van der Waals surface area (Å²) in [6.07, 6.45) is 3.84. The number of anilines is 1. The Labute approximate surface area is 158 Å². The second kappa shape index (κ2) is 8.54. The van der Waals surface area contributed by atoms with Crippen LogP contribution in [0.3, 0.4) is 0 Å². The number of benzene rings is 1. The van der Waals surface area contributed by atoms with Crippen LogP contribution in [0.25, 0.3) is 10.9 Å². The topological polar surface area (TPSA) is 94.7 Å². The van der Waals surface area contributed by atoms with Crippen molar-refractivity contribution in [3.05, 3.63) is 29.5 Å². The van der Waals surface area contributed by atoms with Gasteiger partial charge in [0.15, 0.2) is 0 Å². The van der Waals surface area contributed by atoms with Gasteiger partial charge in [0.25, 0.3) is 0 Å². The molecule has 3 N–H and O–H groups in total. The van der Waals surface area contributed by atoms with E-state index < -0.39 is 5.97 Å². The third-order valence-electron chi connectivity index (χ3n) is 5.17. The van der Waals surface area contributed by atoms with Gasteiger partial charge in [-0.15, -0.1) is 0 Å². The maximum absolute atomic E-state index is 12.7. The van der Waals surface area contributed by atoms with Gasteiger partial charge in [0, 0.05) is 23.6 Å². The molecule has 0 saturated carbocycles. The highest BCUT2D eigenvalue weighted by Crippen LogP contribution is 2.29. The zero-order chi connectivity index (χ0) is 19.4. The summed E-state index contributed by atoms with van der Waals surface area (Å²) in [5.41, 5.74) is 2.51. The van der Waals surface area contributed by atoms with E-state index >= 15 is 0 Å². The number of hydrogen-bond donors (Lipinski definition) is 3. The number of aromatic amines is 1. The van der Waals surface area contributed by atoms with Crippen molar-refractivity contribution in [2.75, 3.05) is 32.1 Å². The molecule has 3 rings (SSSR count). The predicted molar refractivity (Wildman–Crippen MR) is 104 cm³/mol. The van der Waals surface area contributed by atoms with E-state index in [1.807, 2.05) is 25.1 Å². The molecule has 1 aromatic carbocycles. The van der Waals surface area contributed by atoms with Crippen LogP contribution >= 0.6 is 0 Å². The van der Waals surface area contributed by atoms with E-state index in [1.54, 1.807) is 0 Å². The first-order valence-corrected chi connectivity index (χ1v) is 9.39. The van der Waals surface area contributed by atoms with Gasteiger partial charge < -0.3 is 20.1 Å². The molecule has 1 saturated heterocycles. The summed E-state index contributed by atoms with van der Waals surface area (Å²) in [7, 11) is 1.32. The average molecular weight is 373 g/mol. The molecule has 1 aromatic heterocycles. The van der Waals surface area contributed by atoms with Gasteiger partial charge in [0.2, 0.25) is 5.91 Å². The molecule has 1 aliphatic heterocycles. The van der Waals surface area contributed by atoms with Crippen LogP contribution < -0.4 is 5.32 Å². The Hall–Kier alpha value is -2.38. The Morgan fingerprint density at radius 1 is 1.37 bits per heavy atom. The van der Waals surface area contributed by atoms with Crippen LogP contribution in [0.4, 0.5) is 5.69 Å². The van der Waals surface area contributed by atoms with E-state index in [0.29, 0.717) is 12.1 Å². The van der Waals surface area contributed by atoms with Gasteiger partial charge in [-0.2, -0.15) is 0 Å². The first-order chi connectivity index (χ1) is 13.0. The van der Waals surface area contributed by atoms with Crippen LogP contribution in [0.5, 0.6) is 0 Å². The van der Waals surface area contributed by atoms with Crippen LogP contribution in [0.2, 0.25) is 0 Å². The maximum Gasteiger partial charge on any atom is 0.356 e. The molecule has 7 nitrogen and oxygen atoms in total. The summed E-state index contributed by atoms with van der Waals surface area (Å²) >= 11 is 0. The molecule has 27 heavy (non-hydrogen) atoms. The van der Waals surface area contributed by atoms with Crippen LogP contribution in [0.1, 0.15) is 41.7 Å². The molecule has 1 atom stereocenters. The highest BCUT2D eigenvalue weighted by Gasteiger charge is 2.25. The summed E-state index contributed by atoms with van der Waals surface area (Å²) in [6.45, 7) is 3.17. The standard InChI is InChI=1S/C20H27N3O4/c1-13-6-7-16-15(11-13)18(19(21-16)20(26)27-2)22-17(25)12-23-9-4-3-5-14(23)8-10-24/h6-7,11,14,21,24H,3-5,8-10,12H2,1-2H3,(H,22,25). The minimum absolute atomic E-state index is 0.122. The molecule has 0 bridgehead atoms. The Morgan fingerprint density at radius 3 is 2.93 bits per heavy atom. The molecule has 1 fully saturated rings. The Kier molecular flexibility index (Phi) is 6.13. The van der Waals surface area contributed by atoms with Gasteiger partial charge in [-0.1, -0.05) is 18.1 Å². The number of esters is 1. The summed E-state index contributed by atoms with van der Waals surface area (Å²) < 4.78 is 4.86. The third kappa shape index (κ3) is 4.31. The number of hydrogen-bond acceptors (Lipinski definition) is 5. The van der Waals surface area contributed by atoms with E-state index in [0.717, 1.165) is 42.3 Å². The highest BCUT2D eigenvalue weighted by atomic mass is 16.5. The lowest BCUT2D eigenvalue weighted by atomic mass is 9.99. The van der Waals surface area contributed by atoms with Crippen LogP contribution in [0.15, 0.2) is 18.2 Å². The quantitative estimate of drug-likeness (QED) is 0.676. The third-order valence-corrected chi connectivity index (χ3v) is 5.17. The number of aliphatic hydroxyl groups is 1. The molecule has 1 unspecified atom stereocenters. The first kappa shape index (κ1) is 19.4. The predicted octanol–water partition coefficient (Wildman–Crippen LogP) is 2.44. The van der Waals surface area contributed by atoms with Crippen LogP contribution in [-0.4, -0.2) is 59.7 Å². The molecule has 0 aliphatic carbocycles. The second-order valence-corrected chi connectivity index (χ2v) is 7.10.